The minimum atomic E-state index is 0.0412. The molecule has 0 unspecified atom stereocenters. The summed E-state index contributed by atoms with van der Waals surface area (Å²) < 4.78 is 10.6. The number of carbonyl (C=O) groups excluding carboxylic acids is 1. The van der Waals surface area contributed by atoms with Crippen LogP contribution < -0.4 is 14.8 Å². The van der Waals surface area contributed by atoms with E-state index in [-0.39, 0.29) is 12.5 Å². The molecule has 5 nitrogen and oxygen atoms in total. The highest BCUT2D eigenvalue weighted by Crippen LogP contribution is 2.16. The van der Waals surface area contributed by atoms with Crippen molar-refractivity contribution >= 4 is 5.91 Å². The van der Waals surface area contributed by atoms with Gasteiger partial charge in [-0.1, -0.05) is 0 Å². The largest absolute Gasteiger partial charge is 0.497 e. The van der Waals surface area contributed by atoms with Crippen LogP contribution in [0.4, 0.5) is 0 Å². The number of amides is 1. The van der Waals surface area contributed by atoms with Gasteiger partial charge in [-0.3, -0.25) is 4.79 Å². The molecule has 0 spiro atoms. The first-order valence-corrected chi connectivity index (χ1v) is 6.55. The number of benzene rings is 1. The van der Waals surface area contributed by atoms with Crippen molar-refractivity contribution in [1.29, 1.82) is 0 Å². The molecule has 0 saturated carbocycles. The van der Waals surface area contributed by atoms with Crippen molar-refractivity contribution in [3.05, 3.63) is 24.3 Å². The van der Waals surface area contributed by atoms with Gasteiger partial charge in [0, 0.05) is 19.6 Å². The third-order valence-electron chi connectivity index (χ3n) is 3.11. The molecule has 104 valence electrons. The average molecular weight is 264 g/mol. The first-order chi connectivity index (χ1) is 9.29. The van der Waals surface area contributed by atoms with Crippen LogP contribution in [-0.4, -0.2) is 50.7 Å². The van der Waals surface area contributed by atoms with Crippen molar-refractivity contribution in [2.45, 2.75) is 6.42 Å². The van der Waals surface area contributed by atoms with Gasteiger partial charge in [-0.25, -0.2) is 0 Å². The molecule has 1 fully saturated rings. The van der Waals surface area contributed by atoms with Gasteiger partial charge in [-0.15, -0.1) is 0 Å². The van der Waals surface area contributed by atoms with E-state index in [1.165, 1.54) is 0 Å². The van der Waals surface area contributed by atoms with Crippen LogP contribution in [0.2, 0.25) is 0 Å². The average Bonchev–Trinajstić information content (AvgIpc) is 2.74. The Labute approximate surface area is 113 Å². The molecule has 0 bridgehead atoms. The van der Waals surface area contributed by atoms with Crippen LogP contribution >= 0.6 is 0 Å². The Balaban J connectivity index is 1.81. The Morgan fingerprint density at radius 3 is 2.68 bits per heavy atom. The Kier molecular flexibility index (Phi) is 5.03. The van der Waals surface area contributed by atoms with Gasteiger partial charge in [-0.2, -0.15) is 0 Å². The molecule has 1 amide bonds. The number of methoxy groups -OCH3 is 1. The molecule has 19 heavy (non-hydrogen) atoms. The molecule has 0 atom stereocenters. The number of carbonyl (C=O) groups is 1. The molecule has 1 aliphatic rings. The molecule has 2 rings (SSSR count). The normalized spacial score (nSPS) is 15.7. The standard InChI is InChI=1S/C14H20N2O3/c1-18-12-3-5-13(6-4-12)19-11-14(17)16-9-2-7-15-8-10-16/h3-6,15H,2,7-11H2,1H3. The molecule has 5 heteroatoms. The number of rotatable bonds is 4. The summed E-state index contributed by atoms with van der Waals surface area (Å²) in [6, 6.07) is 7.23. The van der Waals surface area contributed by atoms with Crippen LogP contribution in [0.3, 0.4) is 0 Å². The summed E-state index contributed by atoms with van der Waals surface area (Å²) in [6.07, 6.45) is 0.994. The lowest BCUT2D eigenvalue weighted by atomic mass is 10.3. The molecule has 1 aromatic rings. The third kappa shape index (κ3) is 4.13. The number of hydrogen-bond acceptors (Lipinski definition) is 4. The highest BCUT2D eigenvalue weighted by molar-refractivity contribution is 5.77. The van der Waals surface area contributed by atoms with Gasteiger partial charge in [0.2, 0.25) is 0 Å². The van der Waals surface area contributed by atoms with Crippen LogP contribution in [0.25, 0.3) is 0 Å². The first kappa shape index (κ1) is 13.7. The fourth-order valence-corrected chi connectivity index (χ4v) is 2.00. The summed E-state index contributed by atoms with van der Waals surface area (Å²) in [7, 11) is 1.62. The van der Waals surface area contributed by atoms with Crippen LogP contribution in [0.5, 0.6) is 11.5 Å². The monoisotopic (exact) mass is 264 g/mol. The van der Waals surface area contributed by atoms with Crippen molar-refractivity contribution < 1.29 is 14.3 Å². The minimum absolute atomic E-state index is 0.0412. The van der Waals surface area contributed by atoms with E-state index in [4.69, 9.17) is 9.47 Å². The molecular formula is C14H20N2O3. The maximum atomic E-state index is 12.0. The second kappa shape index (κ2) is 6.99. The van der Waals surface area contributed by atoms with Crippen LogP contribution in [-0.2, 0) is 4.79 Å². The first-order valence-electron chi connectivity index (χ1n) is 6.55. The number of ether oxygens (including phenoxy) is 2. The van der Waals surface area contributed by atoms with E-state index < -0.39 is 0 Å². The fraction of sp³-hybridized carbons (Fsp3) is 0.500. The van der Waals surface area contributed by atoms with Crippen molar-refractivity contribution in [3.8, 4) is 11.5 Å². The van der Waals surface area contributed by atoms with Gasteiger partial charge in [0.05, 0.1) is 7.11 Å². The zero-order valence-electron chi connectivity index (χ0n) is 11.2. The van der Waals surface area contributed by atoms with Crippen molar-refractivity contribution in [2.75, 3.05) is 39.9 Å². The maximum absolute atomic E-state index is 12.0. The quantitative estimate of drug-likeness (QED) is 0.877. The molecular weight excluding hydrogens is 244 g/mol. The second-order valence-corrected chi connectivity index (χ2v) is 4.45. The fourth-order valence-electron chi connectivity index (χ4n) is 2.00. The maximum Gasteiger partial charge on any atom is 0.260 e. The van der Waals surface area contributed by atoms with E-state index in [1.54, 1.807) is 19.2 Å². The zero-order chi connectivity index (χ0) is 13.5. The van der Waals surface area contributed by atoms with E-state index in [9.17, 15) is 4.79 Å². The molecule has 1 aliphatic heterocycles. The summed E-state index contributed by atoms with van der Waals surface area (Å²) in [4.78, 5) is 13.8. The van der Waals surface area contributed by atoms with E-state index in [0.717, 1.165) is 38.3 Å². The smallest absolute Gasteiger partial charge is 0.260 e. The van der Waals surface area contributed by atoms with Gasteiger partial charge in [0.25, 0.3) is 5.91 Å². The van der Waals surface area contributed by atoms with Crippen LogP contribution in [0.15, 0.2) is 24.3 Å². The summed E-state index contributed by atoms with van der Waals surface area (Å²) in [6.45, 7) is 3.48. The molecule has 1 aromatic carbocycles. The third-order valence-corrected chi connectivity index (χ3v) is 3.11. The summed E-state index contributed by atoms with van der Waals surface area (Å²) in [5.74, 6) is 1.50. The number of hydrogen-bond donors (Lipinski definition) is 1. The zero-order valence-corrected chi connectivity index (χ0v) is 11.2. The SMILES string of the molecule is COc1ccc(OCC(=O)N2CCCNCC2)cc1. The Morgan fingerprint density at radius 2 is 1.95 bits per heavy atom. The van der Waals surface area contributed by atoms with Crippen molar-refractivity contribution in [2.24, 2.45) is 0 Å². The molecule has 1 heterocycles. The number of nitrogens with one attached hydrogen (secondary N) is 1. The Bertz CT molecular complexity index is 398. The lowest BCUT2D eigenvalue weighted by Crippen LogP contribution is -2.37. The lowest BCUT2D eigenvalue weighted by Gasteiger charge is -2.20. The van der Waals surface area contributed by atoms with Crippen LogP contribution in [0, 0.1) is 0 Å². The van der Waals surface area contributed by atoms with E-state index in [2.05, 4.69) is 5.32 Å². The van der Waals surface area contributed by atoms with Gasteiger partial charge in [0.15, 0.2) is 6.61 Å². The van der Waals surface area contributed by atoms with Gasteiger partial charge in [0.1, 0.15) is 11.5 Å². The second-order valence-electron chi connectivity index (χ2n) is 4.45. The molecule has 0 aromatic heterocycles. The van der Waals surface area contributed by atoms with Gasteiger partial charge in [-0.05, 0) is 37.2 Å². The summed E-state index contributed by atoms with van der Waals surface area (Å²) in [5.41, 5.74) is 0. The summed E-state index contributed by atoms with van der Waals surface area (Å²) in [5, 5.41) is 3.27. The van der Waals surface area contributed by atoms with E-state index >= 15 is 0 Å². The summed E-state index contributed by atoms with van der Waals surface area (Å²) >= 11 is 0. The van der Waals surface area contributed by atoms with E-state index in [0.29, 0.717) is 5.75 Å². The van der Waals surface area contributed by atoms with Crippen LogP contribution in [0.1, 0.15) is 6.42 Å². The Morgan fingerprint density at radius 1 is 1.21 bits per heavy atom. The van der Waals surface area contributed by atoms with Gasteiger partial charge >= 0.3 is 0 Å². The Hall–Kier alpha value is -1.75. The predicted molar refractivity (Wildman–Crippen MR) is 72.6 cm³/mol. The molecule has 1 N–H and O–H groups in total. The number of nitrogens with zero attached hydrogens (tertiary/aromatic N) is 1. The van der Waals surface area contributed by atoms with Crippen molar-refractivity contribution in [3.63, 3.8) is 0 Å². The predicted octanol–water partition coefficient (Wildman–Crippen LogP) is 0.896. The van der Waals surface area contributed by atoms with Gasteiger partial charge < -0.3 is 19.7 Å². The highest BCUT2D eigenvalue weighted by Gasteiger charge is 2.15. The topological polar surface area (TPSA) is 50.8 Å². The molecule has 1 saturated heterocycles. The highest BCUT2D eigenvalue weighted by atomic mass is 16.5. The van der Waals surface area contributed by atoms with E-state index in [1.807, 2.05) is 17.0 Å². The molecule has 0 aliphatic carbocycles. The lowest BCUT2D eigenvalue weighted by molar-refractivity contribution is -0.133. The molecule has 0 radical (unpaired) electrons. The van der Waals surface area contributed by atoms with Crippen molar-refractivity contribution in [1.82, 2.24) is 10.2 Å². The minimum Gasteiger partial charge on any atom is -0.497 e.